The lowest BCUT2D eigenvalue weighted by Crippen LogP contribution is -2.18. The maximum atomic E-state index is 11.9. The van der Waals surface area contributed by atoms with E-state index in [1.807, 2.05) is 13.0 Å². The van der Waals surface area contributed by atoms with E-state index in [1.165, 1.54) is 0 Å². The van der Waals surface area contributed by atoms with Gasteiger partial charge in [-0.15, -0.1) is 12.4 Å². The van der Waals surface area contributed by atoms with E-state index in [0.717, 1.165) is 31.6 Å². The van der Waals surface area contributed by atoms with E-state index < -0.39 is 0 Å². The van der Waals surface area contributed by atoms with Crippen LogP contribution in [0, 0.1) is 5.92 Å². The molecule has 1 saturated heterocycles. The molecule has 1 fully saturated rings. The Hall–Kier alpha value is -0.970. The van der Waals surface area contributed by atoms with Gasteiger partial charge in [-0.1, -0.05) is 18.5 Å². The molecule has 2 rings (SSSR count). The van der Waals surface area contributed by atoms with Gasteiger partial charge in [0.05, 0.1) is 11.6 Å². The average Bonchev–Trinajstić information content (AvgIpc) is 2.90. The van der Waals surface area contributed by atoms with Crippen molar-refractivity contribution in [2.24, 2.45) is 5.92 Å². The molecule has 6 heteroatoms. The molecule has 1 atom stereocenters. The lowest BCUT2D eigenvalue weighted by atomic mass is 10.0. The first-order valence-electron chi connectivity index (χ1n) is 7.12. The standard InChI is InChI=1S/C15H21ClN2O2.ClH/c1-2-7-20-14-4-3-12(9-13(14)16)18-15(19)8-11-5-6-17-10-11;/h3-4,9,11,17H,2,5-8,10H2,1H3,(H,18,19);1H. The third-order valence-electron chi connectivity index (χ3n) is 3.31. The third-order valence-corrected chi connectivity index (χ3v) is 3.61. The molecule has 21 heavy (non-hydrogen) atoms. The van der Waals surface area contributed by atoms with Crippen molar-refractivity contribution in [2.45, 2.75) is 26.2 Å². The molecule has 0 saturated carbocycles. The molecular weight excluding hydrogens is 311 g/mol. The van der Waals surface area contributed by atoms with Gasteiger partial charge in [-0.3, -0.25) is 4.79 Å². The predicted molar refractivity (Wildman–Crippen MR) is 88.7 cm³/mol. The summed E-state index contributed by atoms with van der Waals surface area (Å²) in [6.45, 7) is 4.62. The van der Waals surface area contributed by atoms with Crippen LogP contribution in [0.2, 0.25) is 5.02 Å². The van der Waals surface area contributed by atoms with Crippen LogP contribution in [-0.2, 0) is 4.79 Å². The Morgan fingerprint density at radius 1 is 1.52 bits per heavy atom. The first-order valence-corrected chi connectivity index (χ1v) is 7.49. The smallest absolute Gasteiger partial charge is 0.224 e. The monoisotopic (exact) mass is 332 g/mol. The van der Waals surface area contributed by atoms with E-state index in [-0.39, 0.29) is 18.3 Å². The number of carbonyl (C=O) groups excluding carboxylic acids is 1. The number of halogens is 2. The molecule has 1 aliphatic heterocycles. The second-order valence-electron chi connectivity index (χ2n) is 5.10. The van der Waals surface area contributed by atoms with Crippen molar-refractivity contribution < 1.29 is 9.53 Å². The Morgan fingerprint density at radius 3 is 2.95 bits per heavy atom. The van der Waals surface area contributed by atoms with Crippen molar-refractivity contribution in [2.75, 3.05) is 25.0 Å². The van der Waals surface area contributed by atoms with Crippen molar-refractivity contribution in [3.63, 3.8) is 0 Å². The highest BCUT2D eigenvalue weighted by Crippen LogP contribution is 2.28. The van der Waals surface area contributed by atoms with Gasteiger partial charge in [0.25, 0.3) is 0 Å². The minimum atomic E-state index is 0. The van der Waals surface area contributed by atoms with E-state index in [2.05, 4.69) is 10.6 Å². The Labute approximate surface area is 137 Å². The normalized spacial score (nSPS) is 17.1. The fourth-order valence-corrected chi connectivity index (χ4v) is 2.51. The summed E-state index contributed by atoms with van der Waals surface area (Å²) in [6, 6.07) is 5.35. The van der Waals surface area contributed by atoms with Crippen molar-refractivity contribution in [1.82, 2.24) is 5.32 Å². The number of anilines is 1. The summed E-state index contributed by atoms with van der Waals surface area (Å²) in [5.41, 5.74) is 0.717. The minimum absolute atomic E-state index is 0. The van der Waals surface area contributed by atoms with Gasteiger partial charge in [-0.05, 0) is 50.0 Å². The summed E-state index contributed by atoms with van der Waals surface area (Å²) >= 11 is 6.13. The van der Waals surface area contributed by atoms with Crippen molar-refractivity contribution >= 4 is 35.6 Å². The number of carbonyl (C=O) groups is 1. The van der Waals surface area contributed by atoms with Gasteiger partial charge in [-0.25, -0.2) is 0 Å². The molecule has 0 spiro atoms. The van der Waals surface area contributed by atoms with E-state index in [4.69, 9.17) is 16.3 Å². The van der Waals surface area contributed by atoms with Gasteiger partial charge < -0.3 is 15.4 Å². The zero-order chi connectivity index (χ0) is 14.4. The SMILES string of the molecule is CCCOc1ccc(NC(=O)CC2CCNC2)cc1Cl.Cl. The lowest BCUT2D eigenvalue weighted by molar-refractivity contribution is -0.116. The first kappa shape index (κ1) is 18.1. The molecule has 4 nitrogen and oxygen atoms in total. The van der Waals surface area contributed by atoms with E-state index >= 15 is 0 Å². The van der Waals surface area contributed by atoms with Crippen LogP contribution in [0.4, 0.5) is 5.69 Å². The number of benzene rings is 1. The van der Waals surface area contributed by atoms with Crippen molar-refractivity contribution in [3.05, 3.63) is 23.2 Å². The van der Waals surface area contributed by atoms with Crippen LogP contribution < -0.4 is 15.4 Å². The lowest BCUT2D eigenvalue weighted by Gasteiger charge is -2.11. The molecule has 1 unspecified atom stereocenters. The largest absolute Gasteiger partial charge is 0.492 e. The summed E-state index contributed by atoms with van der Waals surface area (Å²) in [4.78, 5) is 11.9. The molecule has 1 aromatic carbocycles. The van der Waals surface area contributed by atoms with Crippen LogP contribution in [0.1, 0.15) is 26.2 Å². The number of hydrogen-bond acceptors (Lipinski definition) is 3. The first-order chi connectivity index (χ1) is 9.69. The molecule has 118 valence electrons. The van der Waals surface area contributed by atoms with Crippen LogP contribution in [0.3, 0.4) is 0 Å². The summed E-state index contributed by atoms with van der Waals surface area (Å²) in [5, 5.41) is 6.67. The van der Waals surface area contributed by atoms with Crippen molar-refractivity contribution in [1.29, 1.82) is 0 Å². The fraction of sp³-hybridized carbons (Fsp3) is 0.533. The summed E-state index contributed by atoms with van der Waals surface area (Å²) in [6.07, 6.45) is 2.56. The Balaban J connectivity index is 0.00000220. The van der Waals surface area contributed by atoms with E-state index in [9.17, 15) is 4.79 Å². The highest BCUT2D eigenvalue weighted by Gasteiger charge is 2.18. The van der Waals surface area contributed by atoms with E-state index in [0.29, 0.717) is 29.7 Å². The average molecular weight is 333 g/mol. The molecule has 1 heterocycles. The van der Waals surface area contributed by atoms with Gasteiger partial charge in [0.1, 0.15) is 5.75 Å². The van der Waals surface area contributed by atoms with Crippen molar-refractivity contribution in [3.8, 4) is 5.75 Å². The van der Waals surface area contributed by atoms with Gasteiger partial charge in [0, 0.05) is 12.1 Å². The Bertz CT molecular complexity index is 463. The number of amides is 1. The molecule has 0 aliphatic carbocycles. The Morgan fingerprint density at radius 2 is 2.33 bits per heavy atom. The van der Waals surface area contributed by atoms with Crippen LogP contribution >= 0.6 is 24.0 Å². The second kappa shape index (κ2) is 9.13. The molecular formula is C15H22Cl2N2O2. The topological polar surface area (TPSA) is 50.4 Å². The highest BCUT2D eigenvalue weighted by atomic mass is 35.5. The second-order valence-corrected chi connectivity index (χ2v) is 5.51. The minimum Gasteiger partial charge on any atom is -0.492 e. The highest BCUT2D eigenvalue weighted by molar-refractivity contribution is 6.32. The number of nitrogens with one attached hydrogen (secondary N) is 2. The number of hydrogen-bond donors (Lipinski definition) is 2. The molecule has 2 N–H and O–H groups in total. The summed E-state index contributed by atoms with van der Waals surface area (Å²) in [7, 11) is 0. The summed E-state index contributed by atoms with van der Waals surface area (Å²) in [5.74, 6) is 1.14. The van der Waals surface area contributed by atoms with Crippen LogP contribution in [-0.4, -0.2) is 25.6 Å². The molecule has 0 bridgehead atoms. The molecule has 1 amide bonds. The maximum Gasteiger partial charge on any atom is 0.224 e. The van der Waals surface area contributed by atoms with Crippen LogP contribution in [0.25, 0.3) is 0 Å². The maximum absolute atomic E-state index is 11.9. The number of rotatable bonds is 6. The third kappa shape index (κ3) is 5.73. The van der Waals surface area contributed by atoms with Crippen LogP contribution in [0.15, 0.2) is 18.2 Å². The molecule has 0 radical (unpaired) electrons. The summed E-state index contributed by atoms with van der Waals surface area (Å²) < 4.78 is 5.50. The van der Waals surface area contributed by atoms with Gasteiger partial charge in [-0.2, -0.15) is 0 Å². The van der Waals surface area contributed by atoms with Gasteiger partial charge >= 0.3 is 0 Å². The molecule has 1 aliphatic rings. The quantitative estimate of drug-likeness (QED) is 0.838. The van der Waals surface area contributed by atoms with Crippen LogP contribution in [0.5, 0.6) is 5.75 Å². The van der Waals surface area contributed by atoms with Gasteiger partial charge in [0.2, 0.25) is 5.91 Å². The number of ether oxygens (including phenoxy) is 1. The zero-order valence-electron chi connectivity index (χ0n) is 12.2. The molecule has 1 aromatic rings. The fourth-order valence-electron chi connectivity index (χ4n) is 2.27. The van der Waals surface area contributed by atoms with E-state index in [1.54, 1.807) is 12.1 Å². The van der Waals surface area contributed by atoms with Gasteiger partial charge in [0.15, 0.2) is 0 Å². The Kier molecular flexibility index (Phi) is 7.86. The molecule has 0 aromatic heterocycles. The predicted octanol–water partition coefficient (Wildman–Crippen LogP) is 3.49. The zero-order valence-corrected chi connectivity index (χ0v) is 13.7.